The van der Waals surface area contributed by atoms with Gasteiger partial charge in [0.2, 0.25) is 0 Å². The maximum absolute atomic E-state index is 6.79. The standard InChI is InChI=1S/C49H41N3/c50-46-24-11-10-19-40(46)38(32-39-28-27-36(48(51)49(39)52)18-12-13-33-25-26-34-14-4-5-17-37(34)31-33)29-30-43-41-20-6-8-22-44(41)47(35-15-2-1-3-16-35)45-23-9-7-21-42(43)45/h1-12,14-28,31-32H,13,29-30,50-52H2/b18-12-,38-32+. The molecule has 0 aliphatic heterocycles. The van der Waals surface area contributed by atoms with E-state index in [-0.39, 0.29) is 0 Å². The van der Waals surface area contributed by atoms with Gasteiger partial charge in [0, 0.05) is 11.3 Å². The van der Waals surface area contributed by atoms with Gasteiger partial charge in [0.1, 0.15) is 0 Å². The lowest BCUT2D eigenvalue weighted by Gasteiger charge is -2.19. The molecule has 0 aliphatic rings. The first-order valence-corrected chi connectivity index (χ1v) is 17.9. The van der Waals surface area contributed by atoms with E-state index in [1.54, 1.807) is 0 Å². The van der Waals surface area contributed by atoms with Crippen LogP contribution in [0.4, 0.5) is 17.1 Å². The van der Waals surface area contributed by atoms with Crippen molar-refractivity contribution in [1.82, 2.24) is 0 Å². The van der Waals surface area contributed by atoms with E-state index in [9.17, 15) is 0 Å². The van der Waals surface area contributed by atoms with Crippen LogP contribution in [0.2, 0.25) is 0 Å². The van der Waals surface area contributed by atoms with E-state index in [1.807, 2.05) is 18.2 Å². The highest BCUT2D eigenvalue weighted by atomic mass is 14.7. The van der Waals surface area contributed by atoms with Gasteiger partial charge in [-0.25, -0.2) is 0 Å². The fraction of sp³-hybridized carbons (Fsp3) is 0.0612. The highest BCUT2D eigenvalue weighted by Crippen LogP contribution is 2.41. The molecule has 252 valence electrons. The average molecular weight is 672 g/mol. The van der Waals surface area contributed by atoms with Gasteiger partial charge >= 0.3 is 0 Å². The summed E-state index contributed by atoms with van der Waals surface area (Å²) in [6, 6.07) is 55.5. The minimum atomic E-state index is 0.572. The van der Waals surface area contributed by atoms with Crippen LogP contribution in [-0.4, -0.2) is 0 Å². The zero-order valence-corrected chi connectivity index (χ0v) is 29.1. The number of anilines is 3. The second-order valence-electron chi connectivity index (χ2n) is 13.4. The summed E-state index contributed by atoms with van der Waals surface area (Å²) >= 11 is 0. The Morgan fingerprint density at radius 2 is 1.12 bits per heavy atom. The lowest BCUT2D eigenvalue weighted by atomic mass is 9.85. The van der Waals surface area contributed by atoms with Crippen LogP contribution in [0.1, 0.15) is 34.2 Å². The molecule has 0 aliphatic carbocycles. The molecule has 0 aromatic heterocycles. The van der Waals surface area contributed by atoms with Crippen molar-refractivity contribution in [2.75, 3.05) is 17.2 Å². The molecule has 3 heteroatoms. The van der Waals surface area contributed by atoms with E-state index < -0.39 is 0 Å². The van der Waals surface area contributed by atoms with Crippen LogP contribution in [0, 0.1) is 0 Å². The van der Waals surface area contributed by atoms with Gasteiger partial charge in [0.05, 0.1) is 11.4 Å². The number of nitrogens with two attached hydrogens (primary N) is 3. The maximum Gasteiger partial charge on any atom is 0.0627 e. The molecule has 0 fully saturated rings. The monoisotopic (exact) mass is 671 g/mol. The van der Waals surface area contributed by atoms with Crippen molar-refractivity contribution >= 4 is 67.1 Å². The molecular formula is C49H41N3. The van der Waals surface area contributed by atoms with Crippen LogP contribution >= 0.6 is 0 Å². The van der Waals surface area contributed by atoms with E-state index in [0.29, 0.717) is 11.4 Å². The van der Waals surface area contributed by atoms with Crippen LogP contribution in [0.5, 0.6) is 0 Å². The normalized spacial score (nSPS) is 12.0. The van der Waals surface area contributed by atoms with Gasteiger partial charge in [0.25, 0.3) is 0 Å². The Kier molecular flexibility index (Phi) is 8.99. The van der Waals surface area contributed by atoms with Crippen molar-refractivity contribution in [2.24, 2.45) is 0 Å². The number of allylic oxidation sites excluding steroid dienone is 2. The van der Waals surface area contributed by atoms with Crippen LogP contribution in [0.25, 0.3) is 61.2 Å². The largest absolute Gasteiger partial charge is 0.398 e. The molecule has 0 radical (unpaired) electrons. The molecule has 52 heavy (non-hydrogen) atoms. The van der Waals surface area contributed by atoms with Crippen LogP contribution in [-0.2, 0) is 12.8 Å². The zero-order chi connectivity index (χ0) is 35.4. The number of nitrogen functional groups attached to an aromatic ring is 3. The molecule has 0 saturated carbocycles. The molecule has 0 bridgehead atoms. The number of benzene rings is 8. The first kappa shape index (κ1) is 32.6. The Labute approximate surface area is 305 Å². The molecular weight excluding hydrogens is 631 g/mol. The Bertz CT molecular complexity index is 2570. The van der Waals surface area contributed by atoms with E-state index in [1.165, 1.54) is 54.6 Å². The minimum absolute atomic E-state index is 0.572. The third-order valence-corrected chi connectivity index (χ3v) is 10.2. The van der Waals surface area contributed by atoms with Crippen molar-refractivity contribution in [2.45, 2.75) is 19.3 Å². The van der Waals surface area contributed by atoms with E-state index in [0.717, 1.165) is 47.2 Å². The van der Waals surface area contributed by atoms with Crippen molar-refractivity contribution in [1.29, 1.82) is 0 Å². The summed E-state index contributed by atoms with van der Waals surface area (Å²) in [5.41, 5.74) is 31.0. The summed E-state index contributed by atoms with van der Waals surface area (Å²) in [5.74, 6) is 0. The molecule has 0 unspecified atom stereocenters. The molecule has 0 amide bonds. The quantitative estimate of drug-likeness (QED) is 0.0812. The molecule has 8 aromatic carbocycles. The van der Waals surface area contributed by atoms with Gasteiger partial charge in [-0.3, -0.25) is 0 Å². The van der Waals surface area contributed by atoms with Crippen molar-refractivity contribution in [3.05, 3.63) is 192 Å². The van der Waals surface area contributed by atoms with Gasteiger partial charge < -0.3 is 17.2 Å². The Morgan fingerprint density at radius 1 is 0.519 bits per heavy atom. The smallest absolute Gasteiger partial charge is 0.0627 e. The molecule has 0 spiro atoms. The highest BCUT2D eigenvalue weighted by molar-refractivity contribution is 6.15. The van der Waals surface area contributed by atoms with E-state index in [2.05, 4.69) is 158 Å². The predicted octanol–water partition coefficient (Wildman–Crippen LogP) is 12.0. The van der Waals surface area contributed by atoms with Gasteiger partial charge in [-0.05, 0) is 103 Å². The lowest BCUT2D eigenvalue weighted by molar-refractivity contribution is 1.04. The van der Waals surface area contributed by atoms with E-state index in [4.69, 9.17) is 17.2 Å². The van der Waals surface area contributed by atoms with Gasteiger partial charge in [-0.15, -0.1) is 0 Å². The summed E-state index contributed by atoms with van der Waals surface area (Å²) in [5, 5.41) is 7.54. The molecule has 0 saturated heterocycles. The number of hydrogen-bond acceptors (Lipinski definition) is 3. The third-order valence-electron chi connectivity index (χ3n) is 10.2. The van der Waals surface area contributed by atoms with E-state index >= 15 is 0 Å². The Hall–Kier alpha value is -6.58. The zero-order valence-electron chi connectivity index (χ0n) is 29.1. The summed E-state index contributed by atoms with van der Waals surface area (Å²) in [7, 11) is 0. The average Bonchev–Trinajstić information content (AvgIpc) is 3.19. The molecule has 8 rings (SSSR count). The Morgan fingerprint density at radius 3 is 1.85 bits per heavy atom. The fourth-order valence-electron chi connectivity index (χ4n) is 7.55. The lowest BCUT2D eigenvalue weighted by Crippen LogP contribution is -2.01. The summed E-state index contributed by atoms with van der Waals surface area (Å²) < 4.78 is 0. The van der Waals surface area contributed by atoms with Crippen LogP contribution in [0.3, 0.4) is 0 Å². The molecule has 8 aromatic rings. The Balaban J connectivity index is 1.14. The number of rotatable bonds is 9. The predicted molar refractivity (Wildman–Crippen MR) is 226 cm³/mol. The second kappa shape index (κ2) is 14.3. The van der Waals surface area contributed by atoms with Crippen LogP contribution < -0.4 is 17.2 Å². The summed E-state index contributed by atoms with van der Waals surface area (Å²) in [4.78, 5) is 0. The highest BCUT2D eigenvalue weighted by Gasteiger charge is 2.17. The maximum atomic E-state index is 6.79. The molecule has 3 nitrogen and oxygen atoms in total. The first-order chi connectivity index (χ1) is 25.5. The molecule has 0 heterocycles. The number of para-hydroxylation sites is 1. The number of hydrogen-bond donors (Lipinski definition) is 3. The number of aryl methyl sites for hydroxylation is 1. The topological polar surface area (TPSA) is 78.1 Å². The minimum Gasteiger partial charge on any atom is -0.398 e. The summed E-state index contributed by atoms with van der Waals surface area (Å²) in [6.45, 7) is 0. The van der Waals surface area contributed by atoms with Gasteiger partial charge in [-0.2, -0.15) is 0 Å². The summed E-state index contributed by atoms with van der Waals surface area (Å²) in [6.07, 6.45) is 8.78. The third kappa shape index (κ3) is 6.41. The first-order valence-electron chi connectivity index (χ1n) is 17.9. The second-order valence-corrected chi connectivity index (χ2v) is 13.4. The SMILES string of the molecule is Nc1ccccc1/C(=C/c1ccc(/C=C\Cc2ccc3ccccc3c2)c(N)c1N)CCc1c2ccccc2c(-c2ccccc2)c2ccccc12. The van der Waals surface area contributed by atoms with Crippen molar-refractivity contribution < 1.29 is 0 Å². The van der Waals surface area contributed by atoms with Crippen molar-refractivity contribution in [3.63, 3.8) is 0 Å². The van der Waals surface area contributed by atoms with Gasteiger partial charge in [0.15, 0.2) is 0 Å². The van der Waals surface area contributed by atoms with Crippen LogP contribution in [0.15, 0.2) is 164 Å². The van der Waals surface area contributed by atoms with Gasteiger partial charge in [-0.1, -0.05) is 164 Å². The number of fused-ring (bicyclic) bond motifs is 3. The van der Waals surface area contributed by atoms with Crippen molar-refractivity contribution in [3.8, 4) is 11.1 Å². The fourth-order valence-corrected chi connectivity index (χ4v) is 7.55. The molecule has 6 N–H and O–H groups in total. The molecule has 0 atom stereocenters.